The van der Waals surface area contributed by atoms with E-state index in [0.29, 0.717) is 6.04 Å². The zero-order valence-electron chi connectivity index (χ0n) is 11.6. The number of nitrogens with zero attached hydrogens (tertiary/aromatic N) is 1. The van der Waals surface area contributed by atoms with Crippen LogP contribution in [0.1, 0.15) is 51.9 Å². The number of carbonyl (C=O) groups excluding carboxylic acids is 1. The van der Waals surface area contributed by atoms with Crippen molar-refractivity contribution in [3.05, 3.63) is 0 Å². The second-order valence-electron chi connectivity index (χ2n) is 6.15. The summed E-state index contributed by atoms with van der Waals surface area (Å²) in [6, 6.07) is 0.151. The molecule has 0 aromatic heterocycles. The average molecular weight is 281 g/mol. The van der Waals surface area contributed by atoms with Crippen LogP contribution in [0.2, 0.25) is 0 Å². The Balaban J connectivity index is 1.56. The minimum Gasteiger partial charge on any atom is -0.359 e. The van der Waals surface area contributed by atoms with Gasteiger partial charge >= 0.3 is 0 Å². The van der Waals surface area contributed by atoms with Crippen LogP contribution in [-0.4, -0.2) is 34.5 Å². The third-order valence-corrected chi connectivity index (χ3v) is 5.46. The van der Waals surface area contributed by atoms with E-state index in [-0.39, 0.29) is 17.5 Å². The molecule has 2 N–H and O–H groups in total. The predicted octanol–water partition coefficient (Wildman–Crippen LogP) is 2.05. The number of aliphatic imine (C=N–C) groups is 1. The molecule has 0 radical (unpaired) electrons. The van der Waals surface area contributed by atoms with Gasteiger partial charge in [0.15, 0.2) is 5.17 Å². The Hall–Kier alpha value is -0.710. The molecule has 106 valence electrons. The Labute approximate surface area is 119 Å². The molecule has 1 unspecified atom stereocenters. The first-order chi connectivity index (χ1) is 9.17. The summed E-state index contributed by atoms with van der Waals surface area (Å²) in [6.07, 6.45) is 8.76. The van der Waals surface area contributed by atoms with Crippen molar-refractivity contribution in [1.29, 1.82) is 0 Å². The highest BCUT2D eigenvalue weighted by Crippen LogP contribution is 2.36. The molecule has 3 fully saturated rings. The second-order valence-corrected chi connectivity index (χ2v) is 7.11. The molecular formula is C14H23N3OS. The topological polar surface area (TPSA) is 53.5 Å². The third-order valence-electron chi connectivity index (χ3n) is 4.28. The third kappa shape index (κ3) is 3.25. The van der Waals surface area contributed by atoms with Crippen LogP contribution in [0.5, 0.6) is 0 Å². The average Bonchev–Trinajstić information content (AvgIpc) is 3.14. The Morgan fingerprint density at radius 1 is 1.42 bits per heavy atom. The molecule has 19 heavy (non-hydrogen) atoms. The molecule has 4 nitrogen and oxygen atoms in total. The highest BCUT2D eigenvalue weighted by Gasteiger charge is 2.38. The quantitative estimate of drug-likeness (QED) is 0.832. The standard InChI is InChI=1S/C14H23N3OS/c1-10(12(18)16-11-5-6-11)15-13-17-14(9-19-13)7-3-2-4-8-14/h10-11H,2-9H2,1H3,(H,15,17)(H,16,18). The van der Waals surface area contributed by atoms with Crippen molar-refractivity contribution in [3.8, 4) is 0 Å². The normalized spacial score (nSPS) is 29.2. The molecule has 3 rings (SSSR count). The molecule has 1 spiro atoms. The fourth-order valence-electron chi connectivity index (χ4n) is 2.86. The van der Waals surface area contributed by atoms with Gasteiger partial charge in [-0.05, 0) is 32.6 Å². The molecule has 1 amide bonds. The maximum atomic E-state index is 11.9. The fourth-order valence-corrected chi connectivity index (χ4v) is 4.15. The zero-order valence-corrected chi connectivity index (χ0v) is 12.4. The first-order valence-electron chi connectivity index (χ1n) is 7.46. The highest BCUT2D eigenvalue weighted by molar-refractivity contribution is 8.14. The van der Waals surface area contributed by atoms with Gasteiger partial charge in [0.05, 0.1) is 0 Å². The van der Waals surface area contributed by atoms with Gasteiger partial charge in [0.1, 0.15) is 6.04 Å². The van der Waals surface area contributed by atoms with Gasteiger partial charge in [-0.2, -0.15) is 0 Å². The first-order valence-corrected chi connectivity index (χ1v) is 8.45. The molecule has 5 heteroatoms. The highest BCUT2D eigenvalue weighted by atomic mass is 32.2. The summed E-state index contributed by atoms with van der Waals surface area (Å²) in [5.74, 6) is 1.19. The van der Waals surface area contributed by atoms with E-state index in [9.17, 15) is 4.79 Å². The lowest BCUT2D eigenvalue weighted by Gasteiger charge is -2.32. The zero-order chi connectivity index (χ0) is 13.3. The Bertz CT molecular complexity index is 386. The van der Waals surface area contributed by atoms with E-state index < -0.39 is 0 Å². The van der Waals surface area contributed by atoms with Crippen LogP contribution in [-0.2, 0) is 4.79 Å². The van der Waals surface area contributed by atoms with Crippen molar-refractivity contribution in [2.24, 2.45) is 4.99 Å². The molecule has 3 aliphatic rings. The van der Waals surface area contributed by atoms with Gasteiger partial charge in [-0.3, -0.25) is 4.79 Å². The summed E-state index contributed by atoms with van der Waals surface area (Å²) in [7, 11) is 0. The number of carbonyl (C=O) groups is 1. The fraction of sp³-hybridized carbons (Fsp3) is 0.857. The van der Waals surface area contributed by atoms with Crippen molar-refractivity contribution < 1.29 is 4.79 Å². The summed E-state index contributed by atoms with van der Waals surface area (Å²) in [5.41, 5.74) is 0.272. The molecule has 0 aromatic rings. The number of nitrogens with one attached hydrogen (secondary N) is 2. The van der Waals surface area contributed by atoms with E-state index in [1.54, 1.807) is 11.8 Å². The van der Waals surface area contributed by atoms with Crippen LogP contribution in [0.15, 0.2) is 4.99 Å². The maximum absolute atomic E-state index is 11.9. The second kappa shape index (κ2) is 5.35. The van der Waals surface area contributed by atoms with Gasteiger partial charge < -0.3 is 10.6 Å². The lowest BCUT2D eigenvalue weighted by molar-refractivity contribution is -0.122. The van der Waals surface area contributed by atoms with Crippen molar-refractivity contribution in [1.82, 2.24) is 10.6 Å². The van der Waals surface area contributed by atoms with Crippen LogP contribution in [0.4, 0.5) is 0 Å². The van der Waals surface area contributed by atoms with E-state index in [0.717, 1.165) is 23.8 Å². The van der Waals surface area contributed by atoms with Crippen molar-refractivity contribution >= 4 is 22.8 Å². The Kier molecular flexibility index (Phi) is 3.74. The molecule has 1 atom stereocenters. The predicted molar refractivity (Wildman–Crippen MR) is 79.5 cm³/mol. The molecule has 1 heterocycles. The Morgan fingerprint density at radius 3 is 2.84 bits per heavy atom. The van der Waals surface area contributed by atoms with Crippen LogP contribution in [0.3, 0.4) is 0 Å². The van der Waals surface area contributed by atoms with Gasteiger partial charge in [-0.15, -0.1) is 0 Å². The number of hydrogen-bond donors (Lipinski definition) is 2. The van der Waals surface area contributed by atoms with Gasteiger partial charge in [-0.25, -0.2) is 4.99 Å². The van der Waals surface area contributed by atoms with Gasteiger partial charge in [-0.1, -0.05) is 31.0 Å². The van der Waals surface area contributed by atoms with Crippen molar-refractivity contribution in [2.75, 3.05) is 5.75 Å². The van der Waals surface area contributed by atoms with Crippen LogP contribution < -0.4 is 10.6 Å². The van der Waals surface area contributed by atoms with Gasteiger partial charge in [0, 0.05) is 17.3 Å². The molecule has 2 saturated carbocycles. The van der Waals surface area contributed by atoms with Gasteiger partial charge in [0.25, 0.3) is 0 Å². The number of hydrogen-bond acceptors (Lipinski definition) is 3. The molecule has 0 bridgehead atoms. The minimum absolute atomic E-state index is 0.0713. The molecule has 2 aliphatic carbocycles. The van der Waals surface area contributed by atoms with Crippen molar-refractivity contribution in [2.45, 2.75) is 69.5 Å². The lowest BCUT2D eigenvalue weighted by atomic mass is 9.83. The summed E-state index contributed by atoms with van der Waals surface area (Å²) in [6.45, 7) is 1.89. The lowest BCUT2D eigenvalue weighted by Crippen LogP contribution is -2.45. The van der Waals surface area contributed by atoms with E-state index in [1.807, 2.05) is 6.92 Å². The number of rotatable bonds is 3. The Morgan fingerprint density at radius 2 is 2.16 bits per heavy atom. The monoisotopic (exact) mass is 281 g/mol. The van der Waals surface area contributed by atoms with Crippen LogP contribution in [0, 0.1) is 0 Å². The molecule has 0 aromatic carbocycles. The number of amides is 1. The summed E-state index contributed by atoms with van der Waals surface area (Å²) in [5, 5.41) is 7.58. The summed E-state index contributed by atoms with van der Waals surface area (Å²) >= 11 is 1.79. The van der Waals surface area contributed by atoms with Gasteiger partial charge in [0.2, 0.25) is 5.91 Å². The van der Waals surface area contributed by atoms with E-state index in [4.69, 9.17) is 0 Å². The van der Waals surface area contributed by atoms with E-state index in [1.165, 1.54) is 32.1 Å². The molecule has 1 aliphatic heterocycles. The van der Waals surface area contributed by atoms with Crippen LogP contribution in [0.25, 0.3) is 0 Å². The maximum Gasteiger partial charge on any atom is 0.244 e. The van der Waals surface area contributed by atoms with E-state index >= 15 is 0 Å². The molecule has 1 saturated heterocycles. The summed E-state index contributed by atoms with van der Waals surface area (Å²) in [4.78, 5) is 16.5. The summed E-state index contributed by atoms with van der Waals surface area (Å²) < 4.78 is 0. The largest absolute Gasteiger partial charge is 0.359 e. The minimum atomic E-state index is -0.269. The van der Waals surface area contributed by atoms with E-state index in [2.05, 4.69) is 15.6 Å². The molecular weight excluding hydrogens is 258 g/mol. The first kappa shape index (κ1) is 13.3. The number of thioether (sulfide) groups is 1. The number of amidine groups is 1. The SMILES string of the molecule is CC(N=C1NC2(CCCCC2)CS1)C(=O)NC1CC1. The van der Waals surface area contributed by atoms with Crippen molar-refractivity contribution in [3.63, 3.8) is 0 Å². The smallest absolute Gasteiger partial charge is 0.244 e. The van der Waals surface area contributed by atoms with Crippen LogP contribution >= 0.6 is 11.8 Å².